The molecule has 4 heterocycles. The summed E-state index contributed by atoms with van der Waals surface area (Å²) in [5.74, 6) is 0. The number of aliphatic hydroxyl groups is 14. The molecule has 0 saturated carbocycles. The lowest BCUT2D eigenvalue weighted by Gasteiger charge is -2.49. The molecule has 0 aromatic heterocycles. The molecule has 0 spiro atoms. The molecule has 0 bridgehead atoms. The Morgan fingerprint density at radius 3 is 1.13 bits per heavy atom. The zero-order chi connectivity index (χ0) is 33.3. The standard InChI is InChI=1S/C24H42O21/c25-1-5-9(29)12(32)15(35)22(40-5)44-19-10(30)7(3-27)42-24(17(19)37)45-20-11(31)6(2-26)41-23(16(20)36)43-18-8(4-28)39-21(38)14(34)13(18)33/h5-38H,1-4H2/t5-,6-,7-,8-,9+,10-,11-,12+,13-,14-,15-,16-,17-,18+,19+,20-,21-,22+,23+,24+/m1/s1. The third-order valence-electron chi connectivity index (χ3n) is 8.21. The maximum absolute atomic E-state index is 11.1. The van der Waals surface area contributed by atoms with Crippen molar-refractivity contribution in [2.75, 3.05) is 26.4 Å². The van der Waals surface area contributed by atoms with Gasteiger partial charge in [0.25, 0.3) is 0 Å². The van der Waals surface area contributed by atoms with Crippen LogP contribution in [-0.2, 0) is 33.2 Å². The fourth-order valence-electron chi connectivity index (χ4n) is 5.53. The first-order chi connectivity index (χ1) is 21.3. The van der Waals surface area contributed by atoms with Gasteiger partial charge in [-0.1, -0.05) is 0 Å². The van der Waals surface area contributed by atoms with Crippen LogP contribution in [0.5, 0.6) is 0 Å². The molecule has 4 aliphatic heterocycles. The Morgan fingerprint density at radius 2 is 0.711 bits per heavy atom. The van der Waals surface area contributed by atoms with Crippen molar-refractivity contribution < 1.29 is 105 Å². The fraction of sp³-hybridized carbons (Fsp3) is 1.00. The van der Waals surface area contributed by atoms with Gasteiger partial charge in [-0.05, 0) is 0 Å². The molecule has 21 nitrogen and oxygen atoms in total. The number of ether oxygens (including phenoxy) is 7. The smallest absolute Gasteiger partial charge is 0.187 e. The molecule has 0 amide bonds. The van der Waals surface area contributed by atoms with Crippen molar-refractivity contribution >= 4 is 0 Å². The quantitative estimate of drug-likeness (QED) is 0.103. The minimum absolute atomic E-state index is 0.813. The summed E-state index contributed by atoms with van der Waals surface area (Å²) in [7, 11) is 0. The Bertz CT molecular complexity index is 914. The average molecular weight is 667 g/mol. The number of hydrogen-bond donors (Lipinski definition) is 14. The maximum atomic E-state index is 11.1. The first-order valence-electron chi connectivity index (χ1n) is 14.1. The molecule has 21 heteroatoms. The van der Waals surface area contributed by atoms with E-state index in [4.69, 9.17) is 33.2 Å². The number of rotatable bonds is 10. The third kappa shape index (κ3) is 7.44. The molecular weight excluding hydrogens is 624 g/mol. The van der Waals surface area contributed by atoms with Crippen LogP contribution >= 0.6 is 0 Å². The lowest BCUT2D eigenvalue weighted by molar-refractivity contribution is -0.389. The molecular formula is C24H42O21. The molecule has 4 fully saturated rings. The van der Waals surface area contributed by atoms with Gasteiger partial charge in [-0.3, -0.25) is 0 Å². The van der Waals surface area contributed by atoms with Crippen molar-refractivity contribution in [2.45, 2.75) is 123 Å². The van der Waals surface area contributed by atoms with Gasteiger partial charge < -0.3 is 105 Å². The van der Waals surface area contributed by atoms with E-state index in [2.05, 4.69) is 0 Å². The van der Waals surface area contributed by atoms with Crippen LogP contribution < -0.4 is 0 Å². The van der Waals surface area contributed by atoms with Gasteiger partial charge in [-0.2, -0.15) is 0 Å². The first-order valence-corrected chi connectivity index (χ1v) is 14.1. The van der Waals surface area contributed by atoms with E-state index < -0.39 is 149 Å². The zero-order valence-electron chi connectivity index (χ0n) is 23.5. The highest BCUT2D eigenvalue weighted by Gasteiger charge is 2.55. The van der Waals surface area contributed by atoms with Crippen molar-refractivity contribution in [3.8, 4) is 0 Å². The second-order valence-electron chi connectivity index (χ2n) is 11.1. The fourth-order valence-corrected chi connectivity index (χ4v) is 5.53. The van der Waals surface area contributed by atoms with E-state index in [1.165, 1.54) is 0 Å². The summed E-state index contributed by atoms with van der Waals surface area (Å²) < 4.78 is 37.7. The molecule has 0 aromatic rings. The summed E-state index contributed by atoms with van der Waals surface area (Å²) in [6.45, 7) is -3.44. The highest BCUT2D eigenvalue weighted by atomic mass is 16.8. The largest absolute Gasteiger partial charge is 0.394 e. The van der Waals surface area contributed by atoms with E-state index in [-0.39, 0.29) is 0 Å². The summed E-state index contributed by atoms with van der Waals surface area (Å²) in [6, 6.07) is 0. The zero-order valence-corrected chi connectivity index (χ0v) is 23.5. The van der Waals surface area contributed by atoms with Crippen LogP contribution in [0.1, 0.15) is 0 Å². The van der Waals surface area contributed by atoms with E-state index in [9.17, 15) is 71.5 Å². The molecule has 4 saturated heterocycles. The minimum Gasteiger partial charge on any atom is -0.394 e. The second-order valence-corrected chi connectivity index (χ2v) is 11.1. The molecule has 0 aromatic carbocycles. The predicted octanol–water partition coefficient (Wildman–Crippen LogP) is -9.75. The highest BCUT2D eigenvalue weighted by molar-refractivity contribution is 4.97. The molecule has 20 atom stereocenters. The summed E-state index contributed by atoms with van der Waals surface area (Å²) in [6.07, 6.45) is -36.0. The number of hydrogen-bond acceptors (Lipinski definition) is 21. The Morgan fingerprint density at radius 1 is 0.333 bits per heavy atom. The van der Waals surface area contributed by atoms with Crippen LogP contribution in [0, 0.1) is 0 Å². The average Bonchev–Trinajstić information content (AvgIpc) is 3.03. The molecule has 264 valence electrons. The van der Waals surface area contributed by atoms with Crippen LogP contribution in [0.2, 0.25) is 0 Å². The summed E-state index contributed by atoms with van der Waals surface area (Å²) in [4.78, 5) is 0. The van der Waals surface area contributed by atoms with Gasteiger partial charge in [0.15, 0.2) is 25.2 Å². The molecule has 0 unspecified atom stereocenters. The van der Waals surface area contributed by atoms with E-state index in [1.54, 1.807) is 0 Å². The van der Waals surface area contributed by atoms with Crippen LogP contribution in [0.4, 0.5) is 0 Å². The van der Waals surface area contributed by atoms with Crippen LogP contribution in [0.3, 0.4) is 0 Å². The summed E-state index contributed by atoms with van der Waals surface area (Å²) in [5.41, 5.74) is 0. The van der Waals surface area contributed by atoms with Crippen molar-refractivity contribution in [2.24, 2.45) is 0 Å². The molecule has 45 heavy (non-hydrogen) atoms. The van der Waals surface area contributed by atoms with Gasteiger partial charge >= 0.3 is 0 Å². The Labute approximate surface area is 254 Å². The van der Waals surface area contributed by atoms with Crippen LogP contribution in [0.15, 0.2) is 0 Å². The monoisotopic (exact) mass is 666 g/mol. The third-order valence-corrected chi connectivity index (χ3v) is 8.21. The van der Waals surface area contributed by atoms with Crippen molar-refractivity contribution in [3.05, 3.63) is 0 Å². The van der Waals surface area contributed by atoms with Crippen LogP contribution in [0.25, 0.3) is 0 Å². The van der Waals surface area contributed by atoms with Crippen molar-refractivity contribution in [1.29, 1.82) is 0 Å². The summed E-state index contributed by atoms with van der Waals surface area (Å²) >= 11 is 0. The van der Waals surface area contributed by atoms with Gasteiger partial charge in [0.2, 0.25) is 0 Å². The van der Waals surface area contributed by atoms with E-state index in [0.717, 1.165) is 0 Å². The van der Waals surface area contributed by atoms with E-state index in [1.807, 2.05) is 0 Å². The topological polar surface area (TPSA) is 348 Å². The predicted molar refractivity (Wildman–Crippen MR) is 134 cm³/mol. The first kappa shape index (κ1) is 37.0. The molecule has 0 radical (unpaired) electrons. The highest BCUT2D eigenvalue weighted by Crippen LogP contribution is 2.34. The molecule has 4 rings (SSSR count). The maximum Gasteiger partial charge on any atom is 0.187 e. The normalized spacial score (nSPS) is 52.9. The lowest BCUT2D eigenvalue weighted by Crippen LogP contribution is -2.67. The molecule has 4 aliphatic rings. The van der Waals surface area contributed by atoms with Gasteiger partial charge in [-0.25, -0.2) is 0 Å². The Kier molecular flexibility index (Phi) is 12.8. The Balaban J connectivity index is 1.53. The van der Waals surface area contributed by atoms with Crippen molar-refractivity contribution in [3.63, 3.8) is 0 Å². The Hall–Kier alpha value is -0.840. The molecule has 14 N–H and O–H groups in total. The van der Waals surface area contributed by atoms with Gasteiger partial charge in [0.1, 0.15) is 97.7 Å². The molecule has 0 aliphatic carbocycles. The van der Waals surface area contributed by atoms with Gasteiger partial charge in [-0.15, -0.1) is 0 Å². The summed E-state index contributed by atoms with van der Waals surface area (Å²) in [5, 5.41) is 143. The minimum atomic E-state index is -2.05. The lowest BCUT2D eigenvalue weighted by atomic mass is 9.95. The van der Waals surface area contributed by atoms with Crippen LogP contribution in [-0.4, -0.2) is 221 Å². The second kappa shape index (κ2) is 15.6. The van der Waals surface area contributed by atoms with E-state index >= 15 is 0 Å². The SMILES string of the molecule is OC[C@H]1O[C@@H](O[C@@H]2[C@@H](O)[C@H](O[C@H]3[C@@H](O)[C@H](O[C@@H]4[C@H](O)[C@@H](O)[C@H](O)O[C@@H]4CO)O[C@H](CO)[C@H]3O)O[C@H](CO)[C@H]2O)[C@H](O)[C@@H](O)[C@H]1O. The van der Waals surface area contributed by atoms with E-state index in [0.29, 0.717) is 0 Å². The van der Waals surface area contributed by atoms with Gasteiger partial charge in [0.05, 0.1) is 26.4 Å². The van der Waals surface area contributed by atoms with Crippen molar-refractivity contribution in [1.82, 2.24) is 0 Å². The van der Waals surface area contributed by atoms with Gasteiger partial charge in [0, 0.05) is 0 Å². The number of aliphatic hydroxyl groups excluding tert-OH is 14.